The molecule has 0 spiro atoms. The van der Waals surface area contributed by atoms with Gasteiger partial charge >= 0.3 is 23.9 Å². The molecular formula is C22H28O8. The summed E-state index contributed by atoms with van der Waals surface area (Å²) in [6, 6.07) is 8.94. The highest BCUT2D eigenvalue weighted by Gasteiger charge is 2.39. The number of esters is 4. The summed E-state index contributed by atoms with van der Waals surface area (Å²) in [7, 11) is 4.74. The molecule has 0 bridgehead atoms. The quantitative estimate of drug-likeness (QED) is 0.260. The van der Waals surface area contributed by atoms with Gasteiger partial charge in [0.15, 0.2) is 11.8 Å². The van der Waals surface area contributed by atoms with E-state index >= 15 is 0 Å². The number of hydrogen-bond donors (Lipinski definition) is 0. The number of carbonyl (C=O) groups excluding carboxylic acids is 4. The second kappa shape index (κ2) is 11.7. The van der Waals surface area contributed by atoms with Crippen LogP contribution in [-0.4, -0.2) is 52.3 Å². The molecule has 0 saturated carbocycles. The van der Waals surface area contributed by atoms with Crippen molar-refractivity contribution in [2.45, 2.75) is 26.2 Å². The van der Waals surface area contributed by atoms with Crippen LogP contribution in [0.1, 0.15) is 31.7 Å². The minimum absolute atomic E-state index is 0.190. The third-order valence-electron chi connectivity index (χ3n) is 5.05. The van der Waals surface area contributed by atoms with Crippen molar-refractivity contribution in [1.82, 2.24) is 0 Å². The molecule has 8 heteroatoms. The van der Waals surface area contributed by atoms with Crippen LogP contribution in [0.4, 0.5) is 0 Å². The van der Waals surface area contributed by atoms with Gasteiger partial charge in [0, 0.05) is 5.92 Å². The molecule has 0 heterocycles. The maximum absolute atomic E-state index is 12.4. The molecule has 1 aromatic rings. The van der Waals surface area contributed by atoms with E-state index in [1.54, 1.807) is 38.1 Å². The van der Waals surface area contributed by atoms with E-state index in [0.717, 1.165) is 0 Å². The second-order valence-electron chi connectivity index (χ2n) is 6.69. The SMILES string of the molecule is COC(=O)C(C(=O)OC)/C(C)=C(/C)CC(c1ccccc1)C(C(=O)OC)C(=O)OC. The van der Waals surface area contributed by atoms with E-state index in [1.165, 1.54) is 28.4 Å². The largest absolute Gasteiger partial charge is 0.468 e. The van der Waals surface area contributed by atoms with Gasteiger partial charge in [-0.15, -0.1) is 0 Å². The van der Waals surface area contributed by atoms with E-state index in [0.29, 0.717) is 16.7 Å². The first-order valence-electron chi connectivity index (χ1n) is 9.25. The van der Waals surface area contributed by atoms with Gasteiger partial charge in [0.05, 0.1) is 28.4 Å². The van der Waals surface area contributed by atoms with Crippen LogP contribution >= 0.6 is 0 Å². The van der Waals surface area contributed by atoms with Gasteiger partial charge in [0.1, 0.15) is 0 Å². The minimum Gasteiger partial charge on any atom is -0.468 e. The topological polar surface area (TPSA) is 105 Å². The van der Waals surface area contributed by atoms with E-state index in [9.17, 15) is 19.2 Å². The Bertz CT molecular complexity index is 765. The Morgan fingerprint density at radius 3 is 1.57 bits per heavy atom. The van der Waals surface area contributed by atoms with Gasteiger partial charge in [-0.05, 0) is 31.4 Å². The zero-order valence-corrected chi connectivity index (χ0v) is 18.1. The Balaban J connectivity index is 3.49. The van der Waals surface area contributed by atoms with Crippen LogP contribution in [-0.2, 0) is 38.1 Å². The molecule has 0 aromatic heterocycles. The monoisotopic (exact) mass is 420 g/mol. The summed E-state index contributed by atoms with van der Waals surface area (Å²) in [6.07, 6.45) is 0.190. The van der Waals surface area contributed by atoms with Crippen LogP contribution in [0, 0.1) is 11.8 Å². The Morgan fingerprint density at radius 1 is 0.733 bits per heavy atom. The van der Waals surface area contributed by atoms with E-state index in [-0.39, 0.29) is 6.42 Å². The lowest BCUT2D eigenvalue weighted by molar-refractivity contribution is -0.161. The lowest BCUT2D eigenvalue weighted by Crippen LogP contribution is -2.33. The lowest BCUT2D eigenvalue weighted by Gasteiger charge is -2.25. The van der Waals surface area contributed by atoms with Gasteiger partial charge in [-0.25, -0.2) is 0 Å². The highest BCUT2D eigenvalue weighted by Crippen LogP contribution is 2.35. The first kappa shape index (κ1) is 24.9. The maximum atomic E-state index is 12.4. The first-order chi connectivity index (χ1) is 14.2. The van der Waals surface area contributed by atoms with Gasteiger partial charge in [-0.2, -0.15) is 0 Å². The van der Waals surface area contributed by atoms with Gasteiger partial charge < -0.3 is 18.9 Å². The normalized spacial score (nSPS) is 12.7. The van der Waals surface area contributed by atoms with Gasteiger partial charge in [-0.1, -0.05) is 35.9 Å². The molecule has 0 aliphatic rings. The first-order valence-corrected chi connectivity index (χ1v) is 9.25. The standard InChI is InChI=1S/C22H28O8/c1-13(14(2)17(19(23)27-3)20(24)28-4)12-16(15-10-8-7-9-11-15)18(21(25)29-5)22(26)30-6/h7-11,16-18H,12H2,1-6H3/b14-13-. The fourth-order valence-electron chi connectivity index (χ4n) is 3.23. The molecule has 0 fully saturated rings. The molecule has 164 valence electrons. The summed E-state index contributed by atoms with van der Waals surface area (Å²) >= 11 is 0. The van der Waals surface area contributed by atoms with E-state index < -0.39 is 41.6 Å². The van der Waals surface area contributed by atoms with Crippen LogP contribution in [0.5, 0.6) is 0 Å². The third-order valence-corrected chi connectivity index (χ3v) is 5.05. The maximum Gasteiger partial charge on any atom is 0.324 e. The molecule has 0 N–H and O–H groups in total. The highest BCUT2D eigenvalue weighted by molar-refractivity contribution is 5.98. The van der Waals surface area contributed by atoms with Crippen LogP contribution in [0.25, 0.3) is 0 Å². The minimum atomic E-state index is -1.24. The number of carbonyl (C=O) groups is 4. The molecule has 0 amide bonds. The molecule has 0 aliphatic carbocycles. The number of methoxy groups -OCH3 is 4. The van der Waals surface area contributed by atoms with Crippen molar-refractivity contribution in [3.63, 3.8) is 0 Å². The average molecular weight is 420 g/mol. The average Bonchev–Trinajstić information content (AvgIpc) is 2.77. The van der Waals surface area contributed by atoms with E-state index in [4.69, 9.17) is 18.9 Å². The Morgan fingerprint density at radius 2 is 1.17 bits per heavy atom. The fraction of sp³-hybridized carbons (Fsp3) is 0.455. The van der Waals surface area contributed by atoms with E-state index in [2.05, 4.69) is 0 Å². The van der Waals surface area contributed by atoms with Gasteiger partial charge in [-0.3, -0.25) is 19.2 Å². The predicted molar refractivity (Wildman–Crippen MR) is 107 cm³/mol. The molecule has 1 atom stereocenters. The molecule has 1 aromatic carbocycles. The number of rotatable bonds is 9. The number of ether oxygens (including phenoxy) is 4. The van der Waals surface area contributed by atoms with Crippen LogP contribution in [0.15, 0.2) is 41.5 Å². The van der Waals surface area contributed by atoms with Gasteiger partial charge in [0.2, 0.25) is 0 Å². The van der Waals surface area contributed by atoms with Crippen LogP contribution in [0.2, 0.25) is 0 Å². The third kappa shape index (κ3) is 5.92. The number of benzene rings is 1. The van der Waals surface area contributed by atoms with Crippen LogP contribution < -0.4 is 0 Å². The molecule has 30 heavy (non-hydrogen) atoms. The molecule has 0 saturated heterocycles. The molecular weight excluding hydrogens is 392 g/mol. The van der Waals surface area contributed by atoms with Crippen molar-refractivity contribution in [2.24, 2.45) is 11.8 Å². The fourth-order valence-corrected chi connectivity index (χ4v) is 3.23. The zero-order valence-electron chi connectivity index (χ0n) is 18.1. The highest BCUT2D eigenvalue weighted by atomic mass is 16.5. The second-order valence-corrected chi connectivity index (χ2v) is 6.69. The zero-order chi connectivity index (χ0) is 22.8. The number of hydrogen-bond acceptors (Lipinski definition) is 8. The molecule has 0 aliphatic heterocycles. The molecule has 1 rings (SSSR count). The van der Waals surface area contributed by atoms with Crippen molar-refractivity contribution in [3.8, 4) is 0 Å². The van der Waals surface area contributed by atoms with Gasteiger partial charge in [0.25, 0.3) is 0 Å². The van der Waals surface area contributed by atoms with Crippen molar-refractivity contribution in [3.05, 3.63) is 47.0 Å². The van der Waals surface area contributed by atoms with Crippen molar-refractivity contribution >= 4 is 23.9 Å². The molecule has 8 nitrogen and oxygen atoms in total. The summed E-state index contributed by atoms with van der Waals surface area (Å²) in [5, 5.41) is 0. The predicted octanol–water partition coefficient (Wildman–Crippen LogP) is 2.42. The van der Waals surface area contributed by atoms with Crippen molar-refractivity contribution in [1.29, 1.82) is 0 Å². The van der Waals surface area contributed by atoms with E-state index in [1.807, 2.05) is 6.07 Å². The lowest BCUT2D eigenvalue weighted by atomic mass is 9.79. The summed E-state index contributed by atoms with van der Waals surface area (Å²) in [5.41, 5.74) is 1.75. The molecule has 1 unspecified atom stereocenters. The Kier molecular flexibility index (Phi) is 9.74. The summed E-state index contributed by atoms with van der Waals surface area (Å²) < 4.78 is 19.1. The Labute approximate surface area is 176 Å². The molecule has 0 radical (unpaired) electrons. The van der Waals surface area contributed by atoms with Crippen molar-refractivity contribution in [2.75, 3.05) is 28.4 Å². The smallest absolute Gasteiger partial charge is 0.324 e. The summed E-state index contributed by atoms with van der Waals surface area (Å²) in [5.74, 6) is -6.10. The Hall–Kier alpha value is -3.16. The van der Waals surface area contributed by atoms with Crippen molar-refractivity contribution < 1.29 is 38.1 Å². The summed E-state index contributed by atoms with van der Waals surface area (Å²) in [6.45, 7) is 3.33. The summed E-state index contributed by atoms with van der Waals surface area (Å²) in [4.78, 5) is 49.2. The van der Waals surface area contributed by atoms with Crippen LogP contribution in [0.3, 0.4) is 0 Å². The number of allylic oxidation sites excluding steroid dienone is 1.